The van der Waals surface area contributed by atoms with Gasteiger partial charge in [-0.2, -0.15) is 5.10 Å². The molecular weight excluding hydrogens is 244 g/mol. The molecule has 0 saturated carbocycles. The predicted octanol–water partition coefficient (Wildman–Crippen LogP) is 0.0413. The monoisotopic (exact) mass is 256 g/mol. The molecule has 0 saturated heterocycles. The van der Waals surface area contributed by atoms with Crippen LogP contribution in [-0.2, 0) is 23.7 Å². The minimum atomic E-state index is -3.64. The van der Waals surface area contributed by atoms with Gasteiger partial charge in [-0.3, -0.25) is 9.82 Å². The first-order valence-electron chi connectivity index (χ1n) is 4.80. The lowest BCUT2D eigenvalue weighted by molar-refractivity contribution is 0.272. The SMILES string of the molecule is Cn1cc(S(=O)(=O)Nc2cn[nH]c2)cc1CO. The summed E-state index contributed by atoms with van der Waals surface area (Å²) in [5, 5.41) is 15.2. The van der Waals surface area contributed by atoms with Crippen molar-refractivity contribution in [1.82, 2.24) is 14.8 Å². The van der Waals surface area contributed by atoms with Gasteiger partial charge in [-0.1, -0.05) is 0 Å². The maximum Gasteiger partial charge on any atom is 0.263 e. The molecule has 0 aliphatic heterocycles. The highest BCUT2D eigenvalue weighted by Gasteiger charge is 2.17. The number of aliphatic hydroxyl groups is 1. The molecule has 2 aromatic heterocycles. The minimum Gasteiger partial charge on any atom is -0.390 e. The molecule has 0 unspecified atom stereocenters. The fraction of sp³-hybridized carbons (Fsp3) is 0.222. The zero-order chi connectivity index (χ0) is 12.5. The van der Waals surface area contributed by atoms with Crippen LogP contribution in [0.3, 0.4) is 0 Å². The van der Waals surface area contributed by atoms with E-state index in [9.17, 15) is 8.42 Å². The number of aromatic amines is 1. The van der Waals surface area contributed by atoms with Crippen LogP contribution in [0.25, 0.3) is 0 Å². The van der Waals surface area contributed by atoms with Crippen molar-refractivity contribution in [2.24, 2.45) is 7.05 Å². The second-order valence-electron chi connectivity index (χ2n) is 3.53. The van der Waals surface area contributed by atoms with Crippen LogP contribution in [-0.4, -0.2) is 28.3 Å². The lowest BCUT2D eigenvalue weighted by Gasteiger charge is -2.02. The Kier molecular flexibility index (Phi) is 2.90. The van der Waals surface area contributed by atoms with Crippen molar-refractivity contribution in [3.05, 3.63) is 30.4 Å². The third kappa shape index (κ3) is 2.32. The maximum atomic E-state index is 11.9. The molecule has 17 heavy (non-hydrogen) atoms. The molecule has 0 radical (unpaired) electrons. The van der Waals surface area contributed by atoms with Crippen LogP contribution in [0.15, 0.2) is 29.6 Å². The van der Waals surface area contributed by atoms with Crippen molar-refractivity contribution >= 4 is 15.7 Å². The van der Waals surface area contributed by atoms with Crippen molar-refractivity contribution in [2.45, 2.75) is 11.5 Å². The maximum absolute atomic E-state index is 11.9. The molecule has 0 atom stereocenters. The van der Waals surface area contributed by atoms with Crippen LogP contribution in [0.1, 0.15) is 5.69 Å². The third-order valence-corrected chi connectivity index (χ3v) is 3.65. The highest BCUT2D eigenvalue weighted by Crippen LogP contribution is 2.17. The van der Waals surface area contributed by atoms with E-state index in [2.05, 4.69) is 14.9 Å². The smallest absolute Gasteiger partial charge is 0.263 e. The van der Waals surface area contributed by atoms with E-state index in [-0.39, 0.29) is 11.5 Å². The number of nitrogens with zero attached hydrogens (tertiary/aromatic N) is 2. The number of sulfonamides is 1. The summed E-state index contributed by atoms with van der Waals surface area (Å²) in [5.41, 5.74) is 0.886. The second kappa shape index (κ2) is 4.22. The van der Waals surface area contributed by atoms with Gasteiger partial charge >= 0.3 is 0 Å². The summed E-state index contributed by atoms with van der Waals surface area (Å²) in [6.45, 7) is -0.211. The summed E-state index contributed by atoms with van der Waals surface area (Å²) in [4.78, 5) is 0.102. The Morgan fingerprint density at radius 3 is 2.88 bits per heavy atom. The number of H-pyrrole nitrogens is 1. The summed E-state index contributed by atoms with van der Waals surface area (Å²) in [5.74, 6) is 0. The third-order valence-electron chi connectivity index (χ3n) is 2.31. The molecule has 2 rings (SSSR count). The second-order valence-corrected chi connectivity index (χ2v) is 5.21. The molecule has 0 amide bonds. The number of aliphatic hydroxyl groups excluding tert-OH is 1. The Bertz CT molecular complexity index is 600. The zero-order valence-corrected chi connectivity index (χ0v) is 9.90. The molecule has 0 aromatic carbocycles. The molecule has 3 N–H and O–H groups in total. The average molecular weight is 256 g/mol. The highest BCUT2D eigenvalue weighted by molar-refractivity contribution is 7.92. The van der Waals surface area contributed by atoms with Gasteiger partial charge < -0.3 is 9.67 Å². The lowest BCUT2D eigenvalue weighted by atomic mass is 10.5. The number of hydrogen-bond acceptors (Lipinski definition) is 4. The molecule has 0 aliphatic rings. The molecule has 7 nitrogen and oxygen atoms in total. The van der Waals surface area contributed by atoms with Gasteiger partial charge in [0.2, 0.25) is 0 Å². The number of aryl methyl sites for hydroxylation is 1. The van der Waals surface area contributed by atoms with Crippen molar-refractivity contribution in [1.29, 1.82) is 0 Å². The molecule has 2 aromatic rings. The Hall–Kier alpha value is -1.80. The normalized spacial score (nSPS) is 11.6. The van der Waals surface area contributed by atoms with Gasteiger partial charge in [0.1, 0.15) is 4.90 Å². The molecule has 92 valence electrons. The van der Waals surface area contributed by atoms with Crippen molar-refractivity contribution in [2.75, 3.05) is 4.72 Å². The lowest BCUT2D eigenvalue weighted by Crippen LogP contribution is -2.11. The van der Waals surface area contributed by atoms with Crippen LogP contribution in [0, 0.1) is 0 Å². The first-order valence-corrected chi connectivity index (χ1v) is 6.29. The predicted molar refractivity (Wildman–Crippen MR) is 60.7 cm³/mol. The summed E-state index contributed by atoms with van der Waals surface area (Å²) in [6, 6.07) is 1.42. The van der Waals surface area contributed by atoms with Crippen LogP contribution in [0.5, 0.6) is 0 Å². The zero-order valence-electron chi connectivity index (χ0n) is 9.08. The van der Waals surface area contributed by atoms with Crippen LogP contribution in [0.4, 0.5) is 5.69 Å². The Balaban J connectivity index is 2.31. The quantitative estimate of drug-likeness (QED) is 0.719. The van der Waals surface area contributed by atoms with Crippen molar-refractivity contribution in [3.8, 4) is 0 Å². The van der Waals surface area contributed by atoms with E-state index in [4.69, 9.17) is 5.11 Å². The van der Waals surface area contributed by atoms with Gasteiger partial charge in [0, 0.05) is 25.1 Å². The van der Waals surface area contributed by atoms with E-state index < -0.39 is 10.0 Å². The van der Waals surface area contributed by atoms with Gasteiger partial charge in [0.25, 0.3) is 10.0 Å². The number of anilines is 1. The van der Waals surface area contributed by atoms with E-state index in [0.29, 0.717) is 11.4 Å². The van der Waals surface area contributed by atoms with E-state index in [1.165, 1.54) is 24.7 Å². The first kappa shape index (κ1) is 11.7. The minimum absolute atomic E-state index is 0.102. The average Bonchev–Trinajstić information content (AvgIpc) is 2.87. The summed E-state index contributed by atoms with van der Waals surface area (Å²) >= 11 is 0. The number of rotatable bonds is 4. The topological polar surface area (TPSA) is 100 Å². The van der Waals surface area contributed by atoms with Crippen molar-refractivity contribution < 1.29 is 13.5 Å². The first-order chi connectivity index (χ1) is 8.03. The molecule has 0 fully saturated rings. The molecule has 0 bridgehead atoms. The van der Waals surface area contributed by atoms with Crippen LogP contribution >= 0.6 is 0 Å². The highest BCUT2D eigenvalue weighted by atomic mass is 32.2. The fourth-order valence-corrected chi connectivity index (χ4v) is 2.53. The molecule has 2 heterocycles. The van der Waals surface area contributed by atoms with Gasteiger partial charge in [-0.25, -0.2) is 8.42 Å². The Labute approximate surface area is 98.1 Å². The summed E-state index contributed by atoms with van der Waals surface area (Å²) < 4.78 is 27.8. The van der Waals surface area contributed by atoms with Gasteiger partial charge in [0.05, 0.1) is 18.5 Å². The van der Waals surface area contributed by atoms with Gasteiger partial charge in [-0.05, 0) is 6.07 Å². The van der Waals surface area contributed by atoms with E-state index >= 15 is 0 Å². The number of hydrogen-bond donors (Lipinski definition) is 3. The van der Waals surface area contributed by atoms with E-state index in [1.807, 2.05) is 0 Å². The summed E-state index contributed by atoms with van der Waals surface area (Å²) in [7, 11) is -1.97. The Morgan fingerprint density at radius 1 is 1.59 bits per heavy atom. The molecule has 8 heteroatoms. The fourth-order valence-electron chi connectivity index (χ4n) is 1.40. The van der Waals surface area contributed by atoms with Crippen LogP contribution in [0.2, 0.25) is 0 Å². The van der Waals surface area contributed by atoms with Crippen LogP contribution < -0.4 is 4.72 Å². The number of aromatic nitrogens is 3. The summed E-state index contributed by atoms with van der Waals surface area (Å²) in [6.07, 6.45) is 4.24. The van der Waals surface area contributed by atoms with Crippen molar-refractivity contribution in [3.63, 3.8) is 0 Å². The van der Waals surface area contributed by atoms with Gasteiger partial charge in [0.15, 0.2) is 0 Å². The molecular formula is C9H12N4O3S. The standard InChI is InChI=1S/C9H12N4O3S/c1-13-5-9(2-8(13)6-14)17(15,16)12-7-3-10-11-4-7/h2-5,12,14H,6H2,1H3,(H,10,11). The van der Waals surface area contributed by atoms with E-state index in [1.54, 1.807) is 11.6 Å². The molecule has 0 spiro atoms. The molecule has 0 aliphatic carbocycles. The van der Waals surface area contributed by atoms with Gasteiger partial charge in [-0.15, -0.1) is 0 Å². The van der Waals surface area contributed by atoms with E-state index in [0.717, 1.165) is 0 Å². The number of nitrogens with one attached hydrogen (secondary N) is 2. The largest absolute Gasteiger partial charge is 0.390 e. The Morgan fingerprint density at radius 2 is 2.35 bits per heavy atom.